The minimum Gasteiger partial charge on any atom is -0.300 e. The van der Waals surface area contributed by atoms with Gasteiger partial charge in [0.05, 0.1) is 0 Å². The fraction of sp³-hybridized carbons (Fsp3) is 0.538. The van der Waals surface area contributed by atoms with Gasteiger partial charge < -0.3 is 4.90 Å². The molecule has 2 aromatic heterocycles. The first-order valence-electron chi connectivity index (χ1n) is 6.39. The van der Waals surface area contributed by atoms with E-state index in [4.69, 9.17) is 0 Å². The van der Waals surface area contributed by atoms with Gasteiger partial charge in [-0.1, -0.05) is 0 Å². The molecule has 1 aliphatic heterocycles. The van der Waals surface area contributed by atoms with Crippen LogP contribution in [0.15, 0.2) is 22.8 Å². The number of likely N-dealkylation sites (tertiary alicyclic amines) is 1. The molecule has 96 valence electrons. The second-order valence-electron chi connectivity index (χ2n) is 5.19. The van der Waals surface area contributed by atoms with Gasteiger partial charge in [0.15, 0.2) is 11.5 Å². The van der Waals surface area contributed by atoms with Gasteiger partial charge in [-0.15, -0.1) is 0 Å². The first kappa shape index (κ1) is 12.1. The summed E-state index contributed by atoms with van der Waals surface area (Å²) >= 11 is 3.46. The van der Waals surface area contributed by atoms with Crippen LogP contribution in [0.1, 0.15) is 32.0 Å². The summed E-state index contributed by atoms with van der Waals surface area (Å²) in [6, 6.07) is 4.61. The molecule has 1 saturated heterocycles. The first-order valence-corrected chi connectivity index (χ1v) is 7.18. The lowest BCUT2D eigenvalue weighted by Crippen LogP contribution is -2.28. The van der Waals surface area contributed by atoms with Gasteiger partial charge in [-0.2, -0.15) is 5.10 Å². The highest BCUT2D eigenvalue weighted by Crippen LogP contribution is 2.26. The Balaban J connectivity index is 1.87. The number of nitrogens with zero attached hydrogens (tertiary/aromatic N) is 4. The van der Waals surface area contributed by atoms with Crippen LogP contribution in [0.3, 0.4) is 0 Å². The maximum Gasteiger partial charge on any atom is 0.156 e. The Labute approximate surface area is 115 Å². The van der Waals surface area contributed by atoms with Gasteiger partial charge in [-0.05, 0) is 54.9 Å². The minimum atomic E-state index is 0.478. The van der Waals surface area contributed by atoms with Gasteiger partial charge in [0.1, 0.15) is 0 Å². The second-order valence-corrected chi connectivity index (χ2v) is 6.11. The minimum absolute atomic E-state index is 0.478. The summed E-state index contributed by atoms with van der Waals surface area (Å²) in [4.78, 5) is 7.13. The monoisotopic (exact) mass is 308 g/mol. The maximum absolute atomic E-state index is 4.63. The number of aromatic nitrogens is 3. The third-order valence-electron chi connectivity index (χ3n) is 3.63. The number of fused-ring (bicyclic) bond motifs is 1. The van der Waals surface area contributed by atoms with E-state index in [0.717, 1.165) is 35.5 Å². The standard InChI is InChI=1S/C13H17BrN4/c1-9(2)17-6-5-10(7-17)13-15-12-4-3-11(14)8-18(12)16-13/h3-4,8-10H,5-7H2,1-2H3. The summed E-state index contributed by atoms with van der Waals surface area (Å²) in [7, 11) is 0. The molecule has 1 atom stereocenters. The highest BCUT2D eigenvalue weighted by Gasteiger charge is 2.28. The molecule has 4 nitrogen and oxygen atoms in total. The van der Waals surface area contributed by atoms with E-state index < -0.39 is 0 Å². The van der Waals surface area contributed by atoms with Gasteiger partial charge in [0.2, 0.25) is 0 Å². The molecule has 0 saturated carbocycles. The molecule has 18 heavy (non-hydrogen) atoms. The number of pyridine rings is 1. The van der Waals surface area contributed by atoms with Crippen LogP contribution in [0.5, 0.6) is 0 Å². The van der Waals surface area contributed by atoms with Crippen molar-refractivity contribution in [2.75, 3.05) is 13.1 Å². The lowest BCUT2D eigenvalue weighted by atomic mass is 10.1. The smallest absolute Gasteiger partial charge is 0.156 e. The van der Waals surface area contributed by atoms with Crippen molar-refractivity contribution >= 4 is 21.6 Å². The predicted octanol–water partition coefficient (Wildman–Crippen LogP) is 2.69. The van der Waals surface area contributed by atoms with Crippen molar-refractivity contribution in [1.82, 2.24) is 19.5 Å². The van der Waals surface area contributed by atoms with Gasteiger partial charge in [0, 0.05) is 29.2 Å². The van der Waals surface area contributed by atoms with E-state index >= 15 is 0 Å². The lowest BCUT2D eigenvalue weighted by Gasteiger charge is -2.19. The van der Waals surface area contributed by atoms with Crippen molar-refractivity contribution < 1.29 is 0 Å². The number of halogens is 1. The average molecular weight is 309 g/mol. The molecule has 1 aliphatic rings. The van der Waals surface area contributed by atoms with Gasteiger partial charge in [0.25, 0.3) is 0 Å². The Morgan fingerprint density at radius 1 is 1.39 bits per heavy atom. The molecule has 5 heteroatoms. The number of rotatable bonds is 2. The van der Waals surface area contributed by atoms with Crippen LogP contribution in [0.25, 0.3) is 5.65 Å². The SMILES string of the molecule is CC(C)N1CCC(c2nc3ccc(Br)cn3n2)C1. The Hall–Kier alpha value is -0.940. The van der Waals surface area contributed by atoms with E-state index in [9.17, 15) is 0 Å². The van der Waals surface area contributed by atoms with Crippen molar-refractivity contribution in [1.29, 1.82) is 0 Å². The lowest BCUT2D eigenvalue weighted by molar-refractivity contribution is 0.272. The summed E-state index contributed by atoms with van der Waals surface area (Å²) in [6.45, 7) is 6.73. The van der Waals surface area contributed by atoms with Crippen molar-refractivity contribution in [3.05, 3.63) is 28.6 Å². The molecular weight excluding hydrogens is 292 g/mol. The quantitative estimate of drug-likeness (QED) is 0.855. The van der Waals surface area contributed by atoms with E-state index in [-0.39, 0.29) is 0 Å². The molecule has 1 fully saturated rings. The summed E-state index contributed by atoms with van der Waals surface area (Å²) in [5.41, 5.74) is 0.927. The van der Waals surface area contributed by atoms with Gasteiger partial charge in [-0.3, -0.25) is 0 Å². The third kappa shape index (κ3) is 2.17. The van der Waals surface area contributed by atoms with E-state index in [2.05, 4.69) is 44.8 Å². The third-order valence-corrected chi connectivity index (χ3v) is 4.10. The molecule has 0 aliphatic carbocycles. The molecule has 1 unspecified atom stereocenters. The van der Waals surface area contributed by atoms with Crippen molar-refractivity contribution in [2.24, 2.45) is 0 Å². The zero-order valence-corrected chi connectivity index (χ0v) is 12.3. The molecule has 0 N–H and O–H groups in total. The van der Waals surface area contributed by atoms with Crippen LogP contribution in [0.4, 0.5) is 0 Å². The molecule has 0 spiro atoms. The fourth-order valence-electron chi connectivity index (χ4n) is 2.52. The van der Waals surface area contributed by atoms with Crippen LogP contribution >= 0.6 is 15.9 Å². The second kappa shape index (κ2) is 4.63. The van der Waals surface area contributed by atoms with Crippen LogP contribution in [0, 0.1) is 0 Å². The summed E-state index contributed by atoms with van der Waals surface area (Å²) in [6.07, 6.45) is 3.12. The maximum atomic E-state index is 4.63. The first-order chi connectivity index (χ1) is 8.63. The van der Waals surface area contributed by atoms with Crippen LogP contribution in [0.2, 0.25) is 0 Å². The molecule has 0 amide bonds. The number of hydrogen-bond acceptors (Lipinski definition) is 3. The van der Waals surface area contributed by atoms with Crippen molar-refractivity contribution in [3.63, 3.8) is 0 Å². The summed E-state index contributed by atoms with van der Waals surface area (Å²) in [5, 5.41) is 4.60. The van der Waals surface area contributed by atoms with Gasteiger partial charge >= 0.3 is 0 Å². The molecule has 2 aromatic rings. The summed E-state index contributed by atoms with van der Waals surface area (Å²) in [5.74, 6) is 1.46. The molecule has 3 rings (SSSR count). The van der Waals surface area contributed by atoms with Crippen LogP contribution < -0.4 is 0 Å². The molecular formula is C13H17BrN4. The highest BCUT2D eigenvalue weighted by atomic mass is 79.9. The van der Waals surface area contributed by atoms with Crippen molar-refractivity contribution in [2.45, 2.75) is 32.2 Å². The molecule has 3 heterocycles. The topological polar surface area (TPSA) is 33.4 Å². The van der Waals surface area contributed by atoms with E-state index in [1.165, 1.54) is 0 Å². The molecule has 0 radical (unpaired) electrons. The fourth-order valence-corrected chi connectivity index (χ4v) is 2.84. The normalized spacial score (nSPS) is 21.2. The number of hydrogen-bond donors (Lipinski definition) is 0. The largest absolute Gasteiger partial charge is 0.300 e. The van der Waals surface area contributed by atoms with Crippen LogP contribution in [-0.4, -0.2) is 38.6 Å². The zero-order valence-electron chi connectivity index (χ0n) is 10.7. The Kier molecular flexibility index (Phi) is 3.11. The van der Waals surface area contributed by atoms with Crippen LogP contribution in [-0.2, 0) is 0 Å². The zero-order chi connectivity index (χ0) is 12.7. The van der Waals surface area contributed by atoms with Crippen molar-refractivity contribution in [3.8, 4) is 0 Å². The predicted molar refractivity (Wildman–Crippen MR) is 74.8 cm³/mol. The Morgan fingerprint density at radius 3 is 2.94 bits per heavy atom. The van der Waals surface area contributed by atoms with E-state index in [0.29, 0.717) is 12.0 Å². The average Bonchev–Trinajstić information content (AvgIpc) is 2.93. The molecule has 0 aromatic carbocycles. The molecule has 0 bridgehead atoms. The Bertz CT molecular complexity index is 563. The van der Waals surface area contributed by atoms with E-state index in [1.54, 1.807) is 0 Å². The highest BCUT2D eigenvalue weighted by molar-refractivity contribution is 9.10. The summed E-state index contributed by atoms with van der Waals surface area (Å²) < 4.78 is 2.89. The van der Waals surface area contributed by atoms with E-state index in [1.807, 2.05) is 22.8 Å². The Morgan fingerprint density at radius 2 is 2.22 bits per heavy atom. The van der Waals surface area contributed by atoms with Gasteiger partial charge in [-0.25, -0.2) is 9.50 Å².